The Labute approximate surface area is 121 Å². The van der Waals surface area contributed by atoms with Crippen LogP contribution in [0.2, 0.25) is 0 Å². The van der Waals surface area contributed by atoms with Gasteiger partial charge in [0.15, 0.2) is 6.35 Å². The third-order valence-corrected chi connectivity index (χ3v) is 4.18. The molecule has 1 aromatic rings. The molecule has 0 aromatic heterocycles. The van der Waals surface area contributed by atoms with E-state index in [2.05, 4.69) is 6.58 Å². The molecule has 0 atom stereocenters. The van der Waals surface area contributed by atoms with Crippen LogP contribution in [0.25, 0.3) is 6.08 Å². The second-order valence-corrected chi connectivity index (χ2v) is 6.87. The fourth-order valence-corrected chi connectivity index (χ4v) is 3.35. The second-order valence-electron chi connectivity index (χ2n) is 4.97. The second kappa shape index (κ2) is 7.63. The third kappa shape index (κ3) is 5.91. The number of hydrogen-bond donors (Lipinski definition) is 0. The van der Waals surface area contributed by atoms with Gasteiger partial charge in [0.1, 0.15) is 5.75 Å². The SMILES string of the molecule is C=Cc1ccc(OCP(=O)(OC(C)C)OC(C)C)cc1. The summed E-state index contributed by atoms with van der Waals surface area (Å²) in [6, 6.07) is 7.35. The monoisotopic (exact) mass is 298 g/mol. The molecule has 0 amide bonds. The predicted octanol–water partition coefficient (Wildman–Crippen LogP) is 4.71. The van der Waals surface area contributed by atoms with Crippen LogP contribution in [0.1, 0.15) is 33.3 Å². The van der Waals surface area contributed by atoms with Gasteiger partial charge in [-0.25, -0.2) is 0 Å². The van der Waals surface area contributed by atoms with E-state index in [0.29, 0.717) is 5.75 Å². The van der Waals surface area contributed by atoms with Gasteiger partial charge in [0, 0.05) is 0 Å². The van der Waals surface area contributed by atoms with Crippen molar-refractivity contribution in [1.82, 2.24) is 0 Å². The minimum atomic E-state index is -3.26. The molecule has 0 bridgehead atoms. The highest BCUT2D eigenvalue weighted by Crippen LogP contribution is 2.50. The number of rotatable bonds is 8. The third-order valence-electron chi connectivity index (χ3n) is 2.25. The van der Waals surface area contributed by atoms with Crippen molar-refractivity contribution in [3.8, 4) is 5.75 Å². The van der Waals surface area contributed by atoms with Gasteiger partial charge in [0.05, 0.1) is 12.2 Å². The zero-order chi connectivity index (χ0) is 15.2. The largest absolute Gasteiger partial charge is 0.481 e. The summed E-state index contributed by atoms with van der Waals surface area (Å²) >= 11 is 0. The van der Waals surface area contributed by atoms with Gasteiger partial charge in [-0.2, -0.15) is 0 Å². The normalized spacial score (nSPS) is 11.9. The van der Waals surface area contributed by atoms with Crippen LogP contribution in [-0.2, 0) is 13.6 Å². The van der Waals surface area contributed by atoms with Crippen molar-refractivity contribution in [2.45, 2.75) is 39.9 Å². The fourth-order valence-electron chi connectivity index (χ4n) is 1.58. The highest BCUT2D eigenvalue weighted by atomic mass is 31.2. The molecule has 0 aliphatic heterocycles. The van der Waals surface area contributed by atoms with Crippen LogP contribution in [0.15, 0.2) is 30.8 Å². The molecule has 0 heterocycles. The zero-order valence-corrected chi connectivity index (χ0v) is 13.4. The predicted molar refractivity (Wildman–Crippen MR) is 82.1 cm³/mol. The van der Waals surface area contributed by atoms with Crippen LogP contribution in [-0.4, -0.2) is 18.6 Å². The summed E-state index contributed by atoms with van der Waals surface area (Å²) in [6.07, 6.45) is 1.27. The van der Waals surface area contributed by atoms with Crippen LogP contribution >= 0.6 is 7.60 Å². The van der Waals surface area contributed by atoms with E-state index in [1.807, 2.05) is 39.8 Å². The molecule has 1 rings (SSSR count). The van der Waals surface area contributed by atoms with Gasteiger partial charge in [-0.05, 0) is 45.4 Å². The highest BCUT2D eigenvalue weighted by Gasteiger charge is 2.28. The average Bonchev–Trinajstić information content (AvgIpc) is 2.35. The summed E-state index contributed by atoms with van der Waals surface area (Å²) in [7, 11) is -3.26. The van der Waals surface area contributed by atoms with Crippen LogP contribution in [0.5, 0.6) is 5.75 Å². The summed E-state index contributed by atoms with van der Waals surface area (Å²) < 4.78 is 28.9. The van der Waals surface area contributed by atoms with E-state index < -0.39 is 7.60 Å². The Morgan fingerprint density at radius 2 is 1.60 bits per heavy atom. The van der Waals surface area contributed by atoms with E-state index >= 15 is 0 Å². The van der Waals surface area contributed by atoms with Gasteiger partial charge in [-0.15, -0.1) is 0 Å². The molecular weight excluding hydrogens is 275 g/mol. The number of hydrogen-bond acceptors (Lipinski definition) is 4. The molecule has 112 valence electrons. The first-order chi connectivity index (χ1) is 9.34. The molecule has 0 saturated heterocycles. The lowest BCUT2D eigenvalue weighted by atomic mass is 10.2. The minimum Gasteiger partial charge on any atom is -0.481 e. The molecule has 0 aliphatic rings. The van der Waals surface area contributed by atoms with Gasteiger partial charge in [0.25, 0.3) is 0 Å². The van der Waals surface area contributed by atoms with E-state index in [1.165, 1.54) is 0 Å². The van der Waals surface area contributed by atoms with Crippen molar-refractivity contribution in [3.63, 3.8) is 0 Å². The van der Waals surface area contributed by atoms with E-state index in [4.69, 9.17) is 13.8 Å². The average molecular weight is 298 g/mol. The lowest BCUT2D eigenvalue weighted by molar-refractivity contribution is 0.129. The van der Waals surface area contributed by atoms with E-state index in [9.17, 15) is 4.57 Å². The molecule has 5 heteroatoms. The Kier molecular flexibility index (Phi) is 6.47. The van der Waals surface area contributed by atoms with Crippen molar-refractivity contribution in [2.24, 2.45) is 0 Å². The van der Waals surface area contributed by atoms with Crippen LogP contribution < -0.4 is 4.74 Å². The summed E-state index contributed by atoms with van der Waals surface area (Å²) in [5.74, 6) is 0.621. The maximum absolute atomic E-state index is 12.5. The van der Waals surface area contributed by atoms with Gasteiger partial charge in [-0.1, -0.05) is 24.8 Å². The summed E-state index contributed by atoms with van der Waals surface area (Å²) in [5, 5.41) is 0. The zero-order valence-electron chi connectivity index (χ0n) is 12.5. The lowest BCUT2D eigenvalue weighted by Gasteiger charge is -2.22. The van der Waals surface area contributed by atoms with E-state index in [-0.39, 0.29) is 18.6 Å². The Morgan fingerprint density at radius 3 is 2.00 bits per heavy atom. The van der Waals surface area contributed by atoms with Crippen molar-refractivity contribution in [1.29, 1.82) is 0 Å². The Balaban J connectivity index is 2.69. The molecule has 0 N–H and O–H groups in total. The van der Waals surface area contributed by atoms with Crippen molar-refractivity contribution in [2.75, 3.05) is 6.35 Å². The first-order valence-corrected chi connectivity index (χ1v) is 8.38. The molecule has 0 fully saturated rings. The molecule has 0 unspecified atom stereocenters. The van der Waals surface area contributed by atoms with Crippen molar-refractivity contribution < 1.29 is 18.3 Å². The van der Waals surface area contributed by atoms with E-state index in [0.717, 1.165) is 5.56 Å². The smallest absolute Gasteiger partial charge is 0.368 e. The maximum Gasteiger partial charge on any atom is 0.368 e. The topological polar surface area (TPSA) is 44.8 Å². The van der Waals surface area contributed by atoms with Crippen LogP contribution in [0.4, 0.5) is 0 Å². The molecule has 0 aliphatic carbocycles. The summed E-state index contributed by atoms with van der Waals surface area (Å²) in [6.45, 7) is 10.9. The van der Waals surface area contributed by atoms with Crippen LogP contribution in [0.3, 0.4) is 0 Å². The van der Waals surface area contributed by atoms with E-state index in [1.54, 1.807) is 18.2 Å². The molecule has 0 radical (unpaired) electrons. The van der Waals surface area contributed by atoms with Crippen molar-refractivity contribution >= 4 is 13.7 Å². The molecule has 20 heavy (non-hydrogen) atoms. The molecule has 4 nitrogen and oxygen atoms in total. The van der Waals surface area contributed by atoms with Crippen molar-refractivity contribution in [3.05, 3.63) is 36.4 Å². The number of benzene rings is 1. The Hall–Kier alpha value is -1.09. The van der Waals surface area contributed by atoms with Crippen LogP contribution in [0, 0.1) is 0 Å². The highest BCUT2D eigenvalue weighted by molar-refractivity contribution is 7.53. The molecule has 1 aromatic carbocycles. The minimum absolute atomic E-state index is 0.100. The van der Waals surface area contributed by atoms with Gasteiger partial charge in [0.2, 0.25) is 0 Å². The molecule has 0 spiro atoms. The van der Waals surface area contributed by atoms with Gasteiger partial charge < -0.3 is 13.8 Å². The first kappa shape index (κ1) is 17.0. The lowest BCUT2D eigenvalue weighted by Crippen LogP contribution is -2.13. The quantitative estimate of drug-likeness (QED) is 0.652. The summed E-state index contributed by atoms with van der Waals surface area (Å²) in [5.41, 5.74) is 0.998. The maximum atomic E-state index is 12.5. The summed E-state index contributed by atoms with van der Waals surface area (Å²) in [4.78, 5) is 0. The fraction of sp³-hybridized carbons (Fsp3) is 0.467. The molecular formula is C15H23O4P. The first-order valence-electron chi connectivity index (χ1n) is 6.66. The van der Waals surface area contributed by atoms with Gasteiger partial charge in [-0.3, -0.25) is 4.57 Å². The Bertz CT molecular complexity index is 451. The molecule has 0 saturated carbocycles. The standard InChI is InChI=1S/C15H23O4P/c1-6-14-7-9-15(10-8-14)17-11-20(16,18-12(2)3)19-13(4)5/h6-10,12-13H,1,11H2,2-5H3. The Morgan fingerprint density at radius 1 is 1.10 bits per heavy atom. The van der Waals surface area contributed by atoms with Gasteiger partial charge >= 0.3 is 7.60 Å². The number of ether oxygens (including phenoxy) is 1.